The average molecular weight is 218 g/mol. The summed E-state index contributed by atoms with van der Waals surface area (Å²) in [5.74, 6) is -2.82. The number of hydrogen-bond acceptors (Lipinski definition) is 5. The van der Waals surface area contributed by atoms with Crippen molar-refractivity contribution >= 4 is 11.8 Å². The molecule has 0 aliphatic rings. The molecule has 5 heteroatoms. The van der Waals surface area contributed by atoms with Crippen molar-refractivity contribution in [1.29, 1.82) is 5.26 Å². The highest BCUT2D eigenvalue weighted by Gasteiger charge is 2.28. The van der Waals surface area contributed by atoms with Crippen LogP contribution in [0.2, 0.25) is 0 Å². The van der Waals surface area contributed by atoms with E-state index < -0.39 is 17.7 Å². The average Bonchev–Trinajstić information content (AvgIpc) is 2.31. The summed E-state index contributed by atoms with van der Waals surface area (Å²) in [5.41, 5.74) is 0.224. The zero-order valence-corrected chi connectivity index (χ0v) is 8.71. The molecule has 1 rings (SSSR count). The van der Waals surface area contributed by atoms with E-state index in [0.717, 1.165) is 0 Å². The number of ether oxygens (including phenoxy) is 1. The van der Waals surface area contributed by atoms with Crippen molar-refractivity contribution in [3.63, 3.8) is 0 Å². The van der Waals surface area contributed by atoms with Crippen LogP contribution in [-0.2, 0) is 9.53 Å². The number of nitrogens with zero attached hydrogens (tertiary/aromatic N) is 2. The van der Waals surface area contributed by atoms with E-state index in [0.29, 0.717) is 0 Å². The van der Waals surface area contributed by atoms with Crippen LogP contribution in [-0.4, -0.2) is 23.3 Å². The molecular weight excluding hydrogens is 208 g/mol. The Hall–Kier alpha value is -2.22. The number of carbonyl (C=O) groups is 2. The number of ketones is 1. The lowest BCUT2D eigenvalue weighted by atomic mass is 10.0. The van der Waals surface area contributed by atoms with Gasteiger partial charge in [-0.1, -0.05) is 0 Å². The largest absolute Gasteiger partial charge is 0.465 e. The maximum atomic E-state index is 11.7. The van der Waals surface area contributed by atoms with Gasteiger partial charge in [-0.15, -0.1) is 0 Å². The van der Waals surface area contributed by atoms with E-state index in [9.17, 15) is 9.59 Å². The van der Waals surface area contributed by atoms with Gasteiger partial charge in [-0.05, 0) is 19.1 Å². The van der Waals surface area contributed by atoms with Gasteiger partial charge in [0.1, 0.15) is 0 Å². The van der Waals surface area contributed by atoms with E-state index >= 15 is 0 Å². The first-order valence-corrected chi connectivity index (χ1v) is 4.71. The molecule has 1 atom stereocenters. The standard InChI is InChI=1S/C11H10N2O3/c1-2-16-11(15)9(6-12)10(14)8-4-3-5-13-7-8/h3-5,7,9H,2H2,1H3. The van der Waals surface area contributed by atoms with E-state index in [1.165, 1.54) is 18.5 Å². The minimum absolute atomic E-state index is 0.136. The Morgan fingerprint density at radius 2 is 2.38 bits per heavy atom. The summed E-state index contributed by atoms with van der Waals surface area (Å²) in [7, 11) is 0. The maximum Gasteiger partial charge on any atom is 0.331 e. The molecule has 1 heterocycles. The lowest BCUT2D eigenvalue weighted by molar-refractivity contribution is -0.144. The van der Waals surface area contributed by atoms with Crippen molar-refractivity contribution in [2.45, 2.75) is 6.92 Å². The molecule has 82 valence electrons. The van der Waals surface area contributed by atoms with Gasteiger partial charge in [0.05, 0.1) is 12.7 Å². The second kappa shape index (κ2) is 5.61. The van der Waals surface area contributed by atoms with E-state index in [1.807, 2.05) is 0 Å². The number of esters is 1. The number of nitriles is 1. The molecule has 0 amide bonds. The smallest absolute Gasteiger partial charge is 0.331 e. The van der Waals surface area contributed by atoms with Gasteiger partial charge in [0.2, 0.25) is 5.92 Å². The van der Waals surface area contributed by atoms with Crippen LogP contribution in [0.1, 0.15) is 17.3 Å². The van der Waals surface area contributed by atoms with E-state index in [1.54, 1.807) is 19.1 Å². The van der Waals surface area contributed by atoms with Crippen LogP contribution >= 0.6 is 0 Å². The van der Waals surface area contributed by atoms with Gasteiger partial charge < -0.3 is 4.74 Å². The Bertz CT molecular complexity index is 423. The van der Waals surface area contributed by atoms with E-state index in [-0.39, 0.29) is 12.2 Å². The highest BCUT2D eigenvalue weighted by atomic mass is 16.5. The SMILES string of the molecule is CCOC(=O)C(C#N)C(=O)c1cccnc1. The molecule has 0 radical (unpaired) electrons. The molecule has 0 aromatic carbocycles. The monoisotopic (exact) mass is 218 g/mol. The van der Waals surface area contributed by atoms with Crippen LogP contribution in [0.25, 0.3) is 0 Å². The number of carbonyl (C=O) groups excluding carboxylic acids is 2. The summed E-state index contributed by atoms with van der Waals surface area (Å²) in [4.78, 5) is 26.8. The molecule has 0 N–H and O–H groups in total. The second-order valence-corrected chi connectivity index (χ2v) is 2.92. The third-order valence-electron chi connectivity index (χ3n) is 1.86. The molecular formula is C11H10N2O3. The maximum absolute atomic E-state index is 11.7. The first kappa shape index (κ1) is 11.9. The molecule has 0 bridgehead atoms. The van der Waals surface area contributed by atoms with Gasteiger partial charge in [-0.3, -0.25) is 14.6 Å². The summed E-state index contributed by atoms with van der Waals surface area (Å²) in [5, 5.41) is 8.76. The van der Waals surface area contributed by atoms with Crippen LogP contribution in [0.15, 0.2) is 24.5 Å². The first-order valence-electron chi connectivity index (χ1n) is 4.71. The fraction of sp³-hybridized carbons (Fsp3) is 0.273. The Labute approximate surface area is 92.7 Å². The highest BCUT2D eigenvalue weighted by Crippen LogP contribution is 2.09. The van der Waals surface area contributed by atoms with Crippen LogP contribution < -0.4 is 0 Å². The predicted octanol–water partition coefficient (Wildman–Crippen LogP) is 0.967. The normalized spacial score (nSPS) is 11.2. The third kappa shape index (κ3) is 2.64. The zero-order chi connectivity index (χ0) is 12.0. The molecule has 16 heavy (non-hydrogen) atoms. The van der Waals surface area contributed by atoms with Crippen LogP contribution in [0.5, 0.6) is 0 Å². The molecule has 0 aliphatic carbocycles. The number of hydrogen-bond donors (Lipinski definition) is 0. The van der Waals surface area contributed by atoms with Crippen molar-refractivity contribution in [2.75, 3.05) is 6.61 Å². The predicted molar refractivity (Wildman–Crippen MR) is 54.3 cm³/mol. The van der Waals surface area contributed by atoms with Gasteiger partial charge >= 0.3 is 5.97 Å². The third-order valence-corrected chi connectivity index (χ3v) is 1.86. The number of Topliss-reactive ketones (excluding diaryl/α,β-unsaturated/α-hetero) is 1. The summed E-state index contributed by atoms with van der Waals surface area (Å²) in [6.07, 6.45) is 2.81. The second-order valence-electron chi connectivity index (χ2n) is 2.92. The molecule has 1 aromatic heterocycles. The summed E-state index contributed by atoms with van der Waals surface area (Å²) in [6.45, 7) is 1.75. The van der Waals surface area contributed by atoms with Crippen molar-refractivity contribution in [3.05, 3.63) is 30.1 Å². The molecule has 0 saturated heterocycles. The van der Waals surface area contributed by atoms with Crippen LogP contribution in [0, 0.1) is 17.2 Å². The van der Waals surface area contributed by atoms with E-state index in [4.69, 9.17) is 5.26 Å². The van der Waals surface area contributed by atoms with E-state index in [2.05, 4.69) is 9.72 Å². The van der Waals surface area contributed by atoms with Gasteiger partial charge in [0.25, 0.3) is 0 Å². The fourth-order valence-corrected chi connectivity index (χ4v) is 1.12. The molecule has 1 unspecified atom stereocenters. The molecule has 0 saturated carbocycles. The quantitative estimate of drug-likeness (QED) is 0.427. The van der Waals surface area contributed by atoms with Crippen LogP contribution in [0.3, 0.4) is 0 Å². The van der Waals surface area contributed by atoms with Gasteiger partial charge in [0.15, 0.2) is 5.78 Å². The fourth-order valence-electron chi connectivity index (χ4n) is 1.12. The molecule has 0 aliphatic heterocycles. The molecule has 0 fully saturated rings. The summed E-state index contributed by atoms with van der Waals surface area (Å²) < 4.78 is 4.63. The van der Waals surface area contributed by atoms with Gasteiger partial charge in [0, 0.05) is 18.0 Å². The Morgan fingerprint density at radius 3 is 2.88 bits per heavy atom. The van der Waals surface area contributed by atoms with Crippen LogP contribution in [0.4, 0.5) is 0 Å². The van der Waals surface area contributed by atoms with Crippen molar-refractivity contribution < 1.29 is 14.3 Å². The Morgan fingerprint density at radius 1 is 1.62 bits per heavy atom. The Kier molecular flexibility index (Phi) is 4.16. The zero-order valence-electron chi connectivity index (χ0n) is 8.71. The molecule has 1 aromatic rings. The van der Waals surface area contributed by atoms with Crippen molar-refractivity contribution in [1.82, 2.24) is 4.98 Å². The Balaban J connectivity index is 2.87. The number of aromatic nitrogens is 1. The van der Waals surface area contributed by atoms with Crippen molar-refractivity contribution in [3.8, 4) is 6.07 Å². The minimum Gasteiger partial charge on any atom is -0.465 e. The van der Waals surface area contributed by atoms with Crippen molar-refractivity contribution in [2.24, 2.45) is 5.92 Å². The lowest BCUT2D eigenvalue weighted by Crippen LogP contribution is -2.25. The summed E-state index contributed by atoms with van der Waals surface area (Å²) >= 11 is 0. The lowest BCUT2D eigenvalue weighted by Gasteiger charge is -2.06. The molecule has 5 nitrogen and oxygen atoms in total. The summed E-state index contributed by atoms with van der Waals surface area (Å²) in [6, 6.07) is 4.69. The molecule has 0 spiro atoms. The highest BCUT2D eigenvalue weighted by molar-refractivity contribution is 6.10. The van der Waals surface area contributed by atoms with Gasteiger partial charge in [-0.2, -0.15) is 5.26 Å². The number of pyridine rings is 1. The first-order chi connectivity index (χ1) is 7.70. The minimum atomic E-state index is -1.41. The van der Waals surface area contributed by atoms with Gasteiger partial charge in [-0.25, -0.2) is 0 Å². The number of rotatable bonds is 4. The topological polar surface area (TPSA) is 80.0 Å².